The molecule has 0 aliphatic carbocycles. The Bertz CT molecular complexity index is 511. The lowest BCUT2D eigenvalue weighted by molar-refractivity contribution is 0.423. The lowest BCUT2D eigenvalue weighted by atomic mass is 10.1. The molecule has 5 heteroatoms. The summed E-state index contributed by atoms with van der Waals surface area (Å²) in [6, 6.07) is 4.04. The zero-order valence-electron chi connectivity index (χ0n) is 11.3. The van der Waals surface area contributed by atoms with Crippen LogP contribution in [0.15, 0.2) is 24.8 Å². The average molecular weight is 245 g/mol. The van der Waals surface area contributed by atoms with Crippen LogP contribution in [0.25, 0.3) is 5.82 Å². The van der Waals surface area contributed by atoms with E-state index in [1.54, 1.807) is 11.0 Å². The van der Waals surface area contributed by atoms with Gasteiger partial charge in [0.2, 0.25) is 0 Å². The van der Waals surface area contributed by atoms with Gasteiger partial charge in [0.25, 0.3) is 0 Å². The molecule has 0 aliphatic rings. The van der Waals surface area contributed by atoms with Gasteiger partial charge < -0.3 is 5.32 Å². The third-order valence-electron chi connectivity index (χ3n) is 2.64. The van der Waals surface area contributed by atoms with Crippen LogP contribution in [-0.4, -0.2) is 25.3 Å². The van der Waals surface area contributed by atoms with Crippen molar-refractivity contribution in [3.05, 3.63) is 36.0 Å². The molecule has 0 spiro atoms. The lowest BCUT2D eigenvalue weighted by Gasteiger charge is -2.21. The molecule has 2 rings (SSSR count). The number of hydrogen-bond donors (Lipinski definition) is 1. The Morgan fingerprint density at radius 2 is 2.06 bits per heavy atom. The van der Waals surface area contributed by atoms with Gasteiger partial charge in [0.15, 0.2) is 5.82 Å². The molecule has 0 unspecified atom stereocenters. The zero-order chi connectivity index (χ0) is 13.2. The molecule has 0 atom stereocenters. The Morgan fingerprint density at radius 1 is 1.28 bits per heavy atom. The van der Waals surface area contributed by atoms with E-state index in [9.17, 15) is 0 Å². The highest BCUT2D eigenvalue weighted by Gasteiger charge is 2.10. The fraction of sp³-hybridized carbons (Fsp3) is 0.462. The Hall–Kier alpha value is -1.75. The summed E-state index contributed by atoms with van der Waals surface area (Å²) in [6.07, 6.45) is 3.15. The molecule has 0 saturated carbocycles. The molecule has 2 aromatic heterocycles. The maximum absolute atomic E-state index is 4.54. The van der Waals surface area contributed by atoms with Crippen LogP contribution in [0.4, 0.5) is 0 Å². The van der Waals surface area contributed by atoms with Gasteiger partial charge in [-0.1, -0.05) is 6.07 Å². The topological polar surface area (TPSA) is 55.6 Å². The summed E-state index contributed by atoms with van der Waals surface area (Å²) in [5.41, 5.74) is 2.32. The van der Waals surface area contributed by atoms with Gasteiger partial charge in [-0.15, -0.1) is 0 Å². The quantitative estimate of drug-likeness (QED) is 0.896. The van der Waals surface area contributed by atoms with Gasteiger partial charge in [0, 0.05) is 17.8 Å². The van der Waals surface area contributed by atoms with Crippen molar-refractivity contribution in [3.63, 3.8) is 0 Å². The minimum absolute atomic E-state index is 0.108. The minimum Gasteiger partial charge on any atom is -0.308 e. The van der Waals surface area contributed by atoms with Gasteiger partial charge in [-0.25, -0.2) is 14.6 Å². The highest BCUT2D eigenvalue weighted by Crippen LogP contribution is 2.11. The van der Waals surface area contributed by atoms with Crippen LogP contribution in [0.5, 0.6) is 0 Å². The molecule has 0 aliphatic heterocycles. The van der Waals surface area contributed by atoms with E-state index in [2.05, 4.69) is 47.2 Å². The summed E-state index contributed by atoms with van der Waals surface area (Å²) < 4.78 is 1.66. The molecule has 5 nitrogen and oxygen atoms in total. The van der Waals surface area contributed by atoms with Gasteiger partial charge in [-0.3, -0.25) is 0 Å². The van der Waals surface area contributed by atoms with Crippen LogP contribution in [0, 0.1) is 6.92 Å². The molecule has 0 radical (unpaired) electrons. The predicted molar refractivity (Wildman–Crippen MR) is 70.5 cm³/mol. The summed E-state index contributed by atoms with van der Waals surface area (Å²) in [5.74, 6) is 0.796. The second-order valence-electron chi connectivity index (χ2n) is 5.36. The Kier molecular flexibility index (Phi) is 3.43. The largest absolute Gasteiger partial charge is 0.308 e. The molecule has 18 heavy (non-hydrogen) atoms. The number of aromatic nitrogens is 4. The molecule has 0 saturated heterocycles. The SMILES string of the molecule is Cc1nc(-n2cncn2)ccc1CNC(C)(C)C. The molecule has 2 heterocycles. The van der Waals surface area contributed by atoms with E-state index in [1.165, 1.54) is 11.9 Å². The van der Waals surface area contributed by atoms with Crippen molar-refractivity contribution in [2.75, 3.05) is 0 Å². The average Bonchev–Trinajstić information content (AvgIpc) is 2.79. The summed E-state index contributed by atoms with van der Waals surface area (Å²) >= 11 is 0. The van der Waals surface area contributed by atoms with Crippen molar-refractivity contribution in [3.8, 4) is 5.82 Å². The molecule has 1 N–H and O–H groups in total. The fourth-order valence-electron chi connectivity index (χ4n) is 1.58. The lowest BCUT2D eigenvalue weighted by Crippen LogP contribution is -2.35. The van der Waals surface area contributed by atoms with Crippen molar-refractivity contribution in [1.29, 1.82) is 0 Å². The summed E-state index contributed by atoms with van der Waals surface area (Å²) in [4.78, 5) is 8.46. The van der Waals surface area contributed by atoms with Crippen molar-refractivity contribution < 1.29 is 0 Å². The normalized spacial score (nSPS) is 11.8. The van der Waals surface area contributed by atoms with Crippen LogP contribution in [0.3, 0.4) is 0 Å². The van der Waals surface area contributed by atoms with Crippen LogP contribution in [0.1, 0.15) is 32.0 Å². The van der Waals surface area contributed by atoms with Crippen LogP contribution >= 0.6 is 0 Å². The first-order valence-electron chi connectivity index (χ1n) is 6.02. The number of aryl methyl sites for hydroxylation is 1. The zero-order valence-corrected chi connectivity index (χ0v) is 11.3. The van der Waals surface area contributed by atoms with Crippen LogP contribution in [-0.2, 0) is 6.54 Å². The number of pyridine rings is 1. The monoisotopic (exact) mass is 245 g/mol. The Balaban J connectivity index is 2.16. The van der Waals surface area contributed by atoms with Crippen molar-refractivity contribution in [2.24, 2.45) is 0 Å². The predicted octanol–water partition coefficient (Wildman–Crippen LogP) is 1.86. The summed E-state index contributed by atoms with van der Waals surface area (Å²) in [5, 5.41) is 7.53. The number of nitrogens with one attached hydrogen (secondary N) is 1. The van der Waals surface area contributed by atoms with Crippen molar-refractivity contribution in [1.82, 2.24) is 25.1 Å². The van der Waals surface area contributed by atoms with Gasteiger partial charge in [-0.2, -0.15) is 5.10 Å². The van der Waals surface area contributed by atoms with E-state index >= 15 is 0 Å². The first kappa shape index (κ1) is 12.7. The van der Waals surface area contributed by atoms with Gasteiger partial charge in [0.1, 0.15) is 12.7 Å². The molecular formula is C13H19N5. The van der Waals surface area contributed by atoms with Crippen molar-refractivity contribution in [2.45, 2.75) is 39.8 Å². The number of rotatable bonds is 3. The second-order valence-corrected chi connectivity index (χ2v) is 5.36. The number of nitrogens with zero attached hydrogens (tertiary/aromatic N) is 4. The fourth-order valence-corrected chi connectivity index (χ4v) is 1.58. The van der Waals surface area contributed by atoms with E-state index in [-0.39, 0.29) is 5.54 Å². The molecule has 0 fully saturated rings. The first-order valence-corrected chi connectivity index (χ1v) is 6.02. The molecule has 0 bridgehead atoms. The van der Waals surface area contributed by atoms with E-state index in [0.29, 0.717) is 0 Å². The summed E-state index contributed by atoms with van der Waals surface area (Å²) in [7, 11) is 0. The minimum atomic E-state index is 0.108. The molecule has 2 aromatic rings. The third kappa shape index (κ3) is 3.13. The molecule has 0 aromatic carbocycles. The second kappa shape index (κ2) is 4.86. The van der Waals surface area contributed by atoms with Gasteiger partial charge in [-0.05, 0) is 39.3 Å². The third-order valence-corrected chi connectivity index (χ3v) is 2.64. The molecule has 96 valence electrons. The molecule has 0 amide bonds. The Morgan fingerprint density at radius 3 is 2.61 bits per heavy atom. The van der Waals surface area contributed by atoms with Crippen LogP contribution < -0.4 is 5.32 Å². The highest BCUT2D eigenvalue weighted by molar-refractivity contribution is 5.29. The van der Waals surface area contributed by atoms with E-state index in [0.717, 1.165) is 18.1 Å². The van der Waals surface area contributed by atoms with Crippen LogP contribution in [0.2, 0.25) is 0 Å². The molecular weight excluding hydrogens is 226 g/mol. The smallest absolute Gasteiger partial charge is 0.155 e. The van der Waals surface area contributed by atoms with E-state index in [4.69, 9.17) is 0 Å². The van der Waals surface area contributed by atoms with Gasteiger partial charge in [0.05, 0.1) is 0 Å². The van der Waals surface area contributed by atoms with Gasteiger partial charge >= 0.3 is 0 Å². The standard InChI is InChI=1S/C13H19N5/c1-10-11(7-15-13(2,3)4)5-6-12(17-10)18-9-14-8-16-18/h5-6,8-9,15H,7H2,1-4H3. The highest BCUT2D eigenvalue weighted by atomic mass is 15.3. The summed E-state index contributed by atoms with van der Waals surface area (Å²) in [6.45, 7) is 9.29. The maximum Gasteiger partial charge on any atom is 0.155 e. The maximum atomic E-state index is 4.54. The first-order chi connectivity index (χ1) is 8.46. The Labute approximate surface area is 107 Å². The van der Waals surface area contributed by atoms with Crippen molar-refractivity contribution >= 4 is 0 Å². The number of hydrogen-bond acceptors (Lipinski definition) is 4. The van der Waals surface area contributed by atoms with E-state index < -0.39 is 0 Å². The van der Waals surface area contributed by atoms with E-state index in [1.807, 2.05) is 13.0 Å².